The number of hydrogen-bond acceptors (Lipinski definition) is 2. The Bertz CT molecular complexity index is 565. The fourth-order valence-electron chi connectivity index (χ4n) is 2.05. The van der Waals surface area contributed by atoms with Crippen LogP contribution in [0.3, 0.4) is 0 Å². The normalized spacial score (nSPS) is 12.3. The molecule has 0 N–H and O–H groups in total. The number of fused-ring (bicyclic) bond motifs is 1. The fourth-order valence-corrected chi connectivity index (χ4v) is 2.29. The van der Waals surface area contributed by atoms with Gasteiger partial charge in [-0.3, -0.25) is 4.79 Å². The van der Waals surface area contributed by atoms with Crippen molar-refractivity contribution in [3.8, 4) is 0 Å². The summed E-state index contributed by atoms with van der Waals surface area (Å²) in [4.78, 5) is 11.3. The van der Waals surface area contributed by atoms with E-state index in [1.54, 1.807) is 6.92 Å². The van der Waals surface area contributed by atoms with Gasteiger partial charge in [-0.05, 0) is 35.7 Å². The fraction of sp³-hybridized carbons (Fsp3) is 0.312. The van der Waals surface area contributed by atoms with Gasteiger partial charge < -0.3 is 4.74 Å². The summed E-state index contributed by atoms with van der Waals surface area (Å²) in [5.74, 6) is -0.186. The van der Waals surface area contributed by atoms with Gasteiger partial charge >= 0.3 is 5.97 Å². The average molecular weight is 277 g/mol. The zero-order chi connectivity index (χ0) is 13.7. The second kappa shape index (κ2) is 6.58. The van der Waals surface area contributed by atoms with Crippen molar-refractivity contribution in [1.29, 1.82) is 0 Å². The number of benzene rings is 2. The van der Waals surface area contributed by atoms with Crippen molar-refractivity contribution in [2.24, 2.45) is 0 Å². The Morgan fingerprint density at radius 2 is 1.95 bits per heavy atom. The van der Waals surface area contributed by atoms with Crippen LogP contribution in [-0.4, -0.2) is 12.6 Å². The predicted molar refractivity (Wildman–Crippen MR) is 78.4 cm³/mol. The highest BCUT2D eigenvalue weighted by Crippen LogP contribution is 2.28. The van der Waals surface area contributed by atoms with E-state index in [1.807, 2.05) is 18.2 Å². The molecule has 2 aromatic carbocycles. The molecule has 0 unspecified atom stereocenters. The molecule has 0 spiro atoms. The quantitative estimate of drug-likeness (QED) is 0.595. The monoisotopic (exact) mass is 276 g/mol. The van der Waals surface area contributed by atoms with E-state index in [4.69, 9.17) is 16.3 Å². The lowest BCUT2D eigenvalue weighted by molar-refractivity contribution is -0.143. The van der Waals surface area contributed by atoms with Crippen LogP contribution in [0.4, 0.5) is 0 Å². The largest absolute Gasteiger partial charge is 0.466 e. The molecule has 0 amide bonds. The van der Waals surface area contributed by atoms with Crippen molar-refractivity contribution in [3.63, 3.8) is 0 Å². The maximum Gasteiger partial charge on any atom is 0.305 e. The van der Waals surface area contributed by atoms with E-state index in [1.165, 1.54) is 10.8 Å². The molecule has 0 radical (unpaired) electrons. The van der Waals surface area contributed by atoms with Crippen molar-refractivity contribution in [2.45, 2.75) is 25.1 Å². The number of rotatable bonds is 5. The van der Waals surface area contributed by atoms with Gasteiger partial charge in [0.1, 0.15) is 0 Å². The SMILES string of the molecule is CCOC(=O)CC[C@@H](Cl)c1ccc2ccccc2c1. The van der Waals surface area contributed by atoms with Crippen LogP contribution in [-0.2, 0) is 9.53 Å². The Hall–Kier alpha value is -1.54. The Morgan fingerprint density at radius 3 is 2.68 bits per heavy atom. The molecular formula is C16H17ClO2. The molecule has 1 atom stereocenters. The molecule has 2 nitrogen and oxygen atoms in total. The first kappa shape index (κ1) is 13.9. The van der Waals surface area contributed by atoms with Gasteiger partial charge in [0.25, 0.3) is 0 Å². The average Bonchev–Trinajstić information content (AvgIpc) is 2.44. The topological polar surface area (TPSA) is 26.3 Å². The van der Waals surface area contributed by atoms with E-state index in [9.17, 15) is 4.79 Å². The molecular weight excluding hydrogens is 260 g/mol. The Labute approximate surface area is 118 Å². The van der Waals surface area contributed by atoms with Gasteiger partial charge in [0.05, 0.1) is 12.0 Å². The molecule has 3 heteroatoms. The minimum absolute atomic E-state index is 0.158. The van der Waals surface area contributed by atoms with E-state index in [0.29, 0.717) is 19.4 Å². The van der Waals surface area contributed by atoms with Crippen LogP contribution >= 0.6 is 11.6 Å². The summed E-state index contributed by atoms with van der Waals surface area (Å²) in [6.45, 7) is 2.22. The Morgan fingerprint density at radius 1 is 1.21 bits per heavy atom. The first-order chi connectivity index (χ1) is 9.20. The Balaban J connectivity index is 2.04. The summed E-state index contributed by atoms with van der Waals surface area (Å²) in [5, 5.41) is 2.20. The molecule has 0 aliphatic carbocycles. The van der Waals surface area contributed by atoms with Crippen LogP contribution in [0, 0.1) is 0 Å². The van der Waals surface area contributed by atoms with Gasteiger partial charge in [0, 0.05) is 6.42 Å². The number of halogens is 1. The van der Waals surface area contributed by atoms with E-state index >= 15 is 0 Å². The summed E-state index contributed by atoms with van der Waals surface area (Å²) < 4.78 is 4.90. The number of carbonyl (C=O) groups is 1. The molecule has 19 heavy (non-hydrogen) atoms. The molecule has 0 aliphatic rings. The second-order valence-corrected chi connectivity index (χ2v) is 4.94. The predicted octanol–water partition coefficient (Wildman–Crippen LogP) is 4.46. The minimum Gasteiger partial charge on any atom is -0.466 e. The lowest BCUT2D eigenvalue weighted by Gasteiger charge is -2.10. The summed E-state index contributed by atoms with van der Waals surface area (Å²) >= 11 is 6.34. The van der Waals surface area contributed by atoms with Crippen LogP contribution in [0.15, 0.2) is 42.5 Å². The zero-order valence-electron chi connectivity index (χ0n) is 10.9. The summed E-state index contributed by atoms with van der Waals surface area (Å²) in [6.07, 6.45) is 0.952. The van der Waals surface area contributed by atoms with Crippen molar-refractivity contribution in [1.82, 2.24) is 0 Å². The van der Waals surface area contributed by atoms with E-state index in [0.717, 1.165) is 5.56 Å². The summed E-state index contributed by atoms with van der Waals surface area (Å²) in [5.41, 5.74) is 1.05. The molecule has 0 fully saturated rings. The van der Waals surface area contributed by atoms with Gasteiger partial charge in [0.15, 0.2) is 0 Å². The highest BCUT2D eigenvalue weighted by molar-refractivity contribution is 6.21. The molecule has 0 bridgehead atoms. The van der Waals surface area contributed by atoms with Crippen LogP contribution in [0.5, 0.6) is 0 Å². The van der Waals surface area contributed by atoms with Gasteiger partial charge in [-0.15, -0.1) is 11.6 Å². The maximum atomic E-state index is 11.3. The van der Waals surface area contributed by atoms with Crippen molar-refractivity contribution < 1.29 is 9.53 Å². The summed E-state index contributed by atoms with van der Waals surface area (Å²) in [6, 6.07) is 14.3. The maximum absolute atomic E-state index is 11.3. The lowest BCUT2D eigenvalue weighted by Crippen LogP contribution is -2.05. The molecule has 2 aromatic rings. The number of carbonyl (C=O) groups excluding carboxylic acids is 1. The zero-order valence-corrected chi connectivity index (χ0v) is 11.7. The van der Waals surface area contributed by atoms with Gasteiger partial charge in [-0.1, -0.05) is 36.4 Å². The lowest BCUT2D eigenvalue weighted by atomic mass is 10.0. The number of alkyl halides is 1. The molecule has 0 aliphatic heterocycles. The Kier molecular flexibility index (Phi) is 4.80. The molecule has 0 aromatic heterocycles. The third-order valence-electron chi connectivity index (χ3n) is 3.04. The number of ether oxygens (including phenoxy) is 1. The van der Waals surface area contributed by atoms with Crippen LogP contribution in [0.2, 0.25) is 0 Å². The number of esters is 1. The van der Waals surface area contributed by atoms with Crippen molar-refractivity contribution in [3.05, 3.63) is 48.0 Å². The number of hydrogen-bond donors (Lipinski definition) is 0. The first-order valence-corrected chi connectivity index (χ1v) is 6.92. The summed E-state index contributed by atoms with van der Waals surface area (Å²) in [7, 11) is 0. The van der Waals surface area contributed by atoms with E-state index in [2.05, 4.69) is 24.3 Å². The molecule has 0 heterocycles. The highest BCUT2D eigenvalue weighted by atomic mass is 35.5. The third kappa shape index (κ3) is 3.71. The molecule has 2 rings (SSSR count). The highest BCUT2D eigenvalue weighted by Gasteiger charge is 2.11. The van der Waals surface area contributed by atoms with Crippen LogP contribution in [0.1, 0.15) is 30.7 Å². The smallest absolute Gasteiger partial charge is 0.305 e. The molecule has 100 valence electrons. The molecule has 0 saturated carbocycles. The second-order valence-electron chi connectivity index (χ2n) is 4.42. The standard InChI is InChI=1S/C16H17ClO2/c1-2-19-16(18)10-9-15(17)14-8-7-12-5-3-4-6-13(12)11-14/h3-8,11,15H,2,9-10H2,1H3/t15-/m1/s1. The van der Waals surface area contributed by atoms with Gasteiger partial charge in [0.2, 0.25) is 0 Å². The van der Waals surface area contributed by atoms with Crippen molar-refractivity contribution >= 4 is 28.3 Å². The van der Waals surface area contributed by atoms with Crippen LogP contribution in [0.25, 0.3) is 10.8 Å². The van der Waals surface area contributed by atoms with E-state index < -0.39 is 0 Å². The van der Waals surface area contributed by atoms with Gasteiger partial charge in [-0.2, -0.15) is 0 Å². The van der Waals surface area contributed by atoms with E-state index in [-0.39, 0.29) is 11.3 Å². The van der Waals surface area contributed by atoms with Gasteiger partial charge in [-0.25, -0.2) is 0 Å². The minimum atomic E-state index is -0.186. The van der Waals surface area contributed by atoms with Crippen molar-refractivity contribution in [2.75, 3.05) is 6.61 Å². The first-order valence-electron chi connectivity index (χ1n) is 6.49. The van der Waals surface area contributed by atoms with Crippen LogP contribution < -0.4 is 0 Å². The molecule has 0 saturated heterocycles. The third-order valence-corrected chi connectivity index (χ3v) is 3.51.